The summed E-state index contributed by atoms with van der Waals surface area (Å²) in [5.74, 6) is 0.190. The largest absolute Gasteiger partial charge is 0.462 e. The fraction of sp³-hybridized carbons (Fsp3) is 0.462. The Morgan fingerprint density at radius 2 is 2.00 bits per heavy atom. The van der Waals surface area contributed by atoms with Gasteiger partial charge in [0.25, 0.3) is 0 Å². The monoisotopic (exact) mass is 204 g/mol. The zero-order chi connectivity index (χ0) is 10.8. The van der Waals surface area contributed by atoms with Gasteiger partial charge in [-0.05, 0) is 18.9 Å². The van der Waals surface area contributed by atoms with Crippen LogP contribution in [0.15, 0.2) is 24.3 Å². The van der Waals surface area contributed by atoms with Crippen LogP contribution in [0.4, 0.5) is 0 Å². The average Bonchev–Trinajstić information content (AvgIpc) is 2.61. The molecule has 0 bridgehead atoms. The van der Waals surface area contributed by atoms with Gasteiger partial charge in [0.15, 0.2) is 0 Å². The number of carbonyl (C=O) groups is 1. The first-order valence-electron chi connectivity index (χ1n) is 5.46. The molecule has 1 fully saturated rings. The fourth-order valence-corrected chi connectivity index (χ4v) is 2.12. The number of ether oxygens (including phenoxy) is 1. The molecular weight excluding hydrogens is 188 g/mol. The van der Waals surface area contributed by atoms with Gasteiger partial charge in [-0.3, -0.25) is 4.79 Å². The minimum atomic E-state index is -0.0626. The van der Waals surface area contributed by atoms with Gasteiger partial charge in [-0.25, -0.2) is 0 Å². The Bertz CT molecular complexity index is 353. The quantitative estimate of drug-likeness (QED) is 0.692. The minimum absolute atomic E-state index is 0.0626. The lowest BCUT2D eigenvalue weighted by Crippen LogP contribution is -2.12. The second-order valence-corrected chi connectivity index (χ2v) is 4.16. The molecular formula is C13H16O2. The third kappa shape index (κ3) is 2.04. The van der Waals surface area contributed by atoms with Crippen molar-refractivity contribution in [1.82, 2.24) is 0 Å². The normalized spacial score (nSPS) is 25.3. The number of aryl methyl sites for hydroxylation is 1. The van der Waals surface area contributed by atoms with Crippen molar-refractivity contribution in [3.63, 3.8) is 0 Å². The van der Waals surface area contributed by atoms with Crippen molar-refractivity contribution in [3.8, 4) is 0 Å². The van der Waals surface area contributed by atoms with Crippen LogP contribution in [0.2, 0.25) is 0 Å². The first-order valence-corrected chi connectivity index (χ1v) is 5.46. The van der Waals surface area contributed by atoms with E-state index >= 15 is 0 Å². The summed E-state index contributed by atoms with van der Waals surface area (Å²) < 4.78 is 5.27. The van der Waals surface area contributed by atoms with E-state index in [4.69, 9.17) is 4.74 Å². The van der Waals surface area contributed by atoms with Gasteiger partial charge in [0.1, 0.15) is 6.10 Å². The molecule has 80 valence electrons. The van der Waals surface area contributed by atoms with Gasteiger partial charge in [0.05, 0.1) is 6.42 Å². The Hall–Kier alpha value is -1.31. The number of hydrogen-bond donors (Lipinski definition) is 0. The highest BCUT2D eigenvalue weighted by atomic mass is 16.5. The number of hydrogen-bond acceptors (Lipinski definition) is 2. The molecule has 1 saturated heterocycles. The summed E-state index contributed by atoms with van der Waals surface area (Å²) in [7, 11) is 0. The Morgan fingerprint density at radius 1 is 1.33 bits per heavy atom. The zero-order valence-electron chi connectivity index (χ0n) is 9.19. The summed E-state index contributed by atoms with van der Waals surface area (Å²) in [5.41, 5.74) is 2.47. The van der Waals surface area contributed by atoms with E-state index in [1.165, 1.54) is 11.1 Å². The number of carbonyl (C=O) groups excluding carboxylic acids is 1. The van der Waals surface area contributed by atoms with Gasteiger partial charge in [-0.2, -0.15) is 0 Å². The zero-order valence-corrected chi connectivity index (χ0v) is 9.19. The van der Waals surface area contributed by atoms with Crippen LogP contribution in [0.5, 0.6) is 0 Å². The van der Waals surface area contributed by atoms with Crippen LogP contribution in [0.3, 0.4) is 0 Å². The third-order valence-corrected chi connectivity index (χ3v) is 3.03. The van der Waals surface area contributed by atoms with Crippen LogP contribution in [0, 0.1) is 6.92 Å². The van der Waals surface area contributed by atoms with Crippen molar-refractivity contribution in [2.24, 2.45) is 0 Å². The van der Waals surface area contributed by atoms with E-state index in [1.54, 1.807) is 0 Å². The summed E-state index contributed by atoms with van der Waals surface area (Å²) in [5, 5.41) is 0. The minimum Gasteiger partial charge on any atom is -0.462 e. The average molecular weight is 204 g/mol. The van der Waals surface area contributed by atoms with Crippen molar-refractivity contribution < 1.29 is 9.53 Å². The predicted molar refractivity (Wildman–Crippen MR) is 58.7 cm³/mol. The van der Waals surface area contributed by atoms with Crippen LogP contribution in [-0.4, -0.2) is 12.1 Å². The lowest BCUT2D eigenvalue weighted by atomic mass is 9.91. The van der Waals surface area contributed by atoms with Crippen LogP contribution >= 0.6 is 0 Å². The number of benzene rings is 1. The molecule has 1 aliphatic heterocycles. The van der Waals surface area contributed by atoms with Crippen molar-refractivity contribution in [3.05, 3.63) is 35.4 Å². The van der Waals surface area contributed by atoms with E-state index in [1.807, 2.05) is 0 Å². The second-order valence-electron chi connectivity index (χ2n) is 4.16. The molecule has 15 heavy (non-hydrogen) atoms. The van der Waals surface area contributed by atoms with Crippen molar-refractivity contribution in [2.45, 2.75) is 38.7 Å². The predicted octanol–water partition coefficient (Wildman–Crippen LogP) is 2.80. The van der Waals surface area contributed by atoms with Crippen molar-refractivity contribution >= 4 is 5.97 Å². The third-order valence-electron chi connectivity index (χ3n) is 3.03. The SMILES string of the molecule is CC[C@@H]1OC(=O)C[C@H]1c1ccc(C)cc1. The molecule has 0 N–H and O–H groups in total. The number of cyclic esters (lactones) is 1. The van der Waals surface area contributed by atoms with E-state index in [0.29, 0.717) is 6.42 Å². The van der Waals surface area contributed by atoms with Gasteiger partial charge in [0.2, 0.25) is 0 Å². The molecule has 1 aliphatic rings. The summed E-state index contributed by atoms with van der Waals surface area (Å²) in [4.78, 5) is 11.2. The maximum atomic E-state index is 11.2. The summed E-state index contributed by atoms with van der Waals surface area (Å²) in [6.07, 6.45) is 1.49. The van der Waals surface area contributed by atoms with Crippen LogP contribution in [0.1, 0.15) is 36.8 Å². The molecule has 0 amide bonds. The van der Waals surface area contributed by atoms with Gasteiger partial charge in [0, 0.05) is 5.92 Å². The molecule has 2 heteroatoms. The highest BCUT2D eigenvalue weighted by molar-refractivity contribution is 5.73. The molecule has 1 heterocycles. The van der Waals surface area contributed by atoms with Gasteiger partial charge in [-0.1, -0.05) is 36.8 Å². The van der Waals surface area contributed by atoms with Crippen LogP contribution in [0.25, 0.3) is 0 Å². The Balaban J connectivity index is 2.22. The van der Waals surface area contributed by atoms with E-state index in [9.17, 15) is 4.79 Å². The Labute approximate surface area is 90.3 Å². The van der Waals surface area contributed by atoms with Gasteiger partial charge < -0.3 is 4.74 Å². The molecule has 2 atom stereocenters. The Kier molecular flexibility index (Phi) is 2.76. The molecule has 1 aromatic carbocycles. The van der Waals surface area contributed by atoms with E-state index in [2.05, 4.69) is 38.1 Å². The topological polar surface area (TPSA) is 26.3 Å². The Morgan fingerprint density at radius 3 is 2.60 bits per heavy atom. The lowest BCUT2D eigenvalue weighted by Gasteiger charge is -2.15. The molecule has 0 saturated carbocycles. The molecule has 0 aliphatic carbocycles. The molecule has 2 nitrogen and oxygen atoms in total. The van der Waals surface area contributed by atoms with Crippen LogP contribution < -0.4 is 0 Å². The molecule has 0 unspecified atom stereocenters. The highest BCUT2D eigenvalue weighted by Crippen LogP contribution is 2.33. The smallest absolute Gasteiger partial charge is 0.306 e. The van der Waals surface area contributed by atoms with Crippen molar-refractivity contribution in [1.29, 1.82) is 0 Å². The van der Waals surface area contributed by atoms with E-state index in [-0.39, 0.29) is 18.0 Å². The molecule has 0 radical (unpaired) electrons. The molecule has 0 aromatic heterocycles. The summed E-state index contributed by atoms with van der Waals surface area (Å²) in [6.45, 7) is 4.13. The van der Waals surface area contributed by atoms with Gasteiger partial charge in [-0.15, -0.1) is 0 Å². The number of esters is 1. The number of rotatable bonds is 2. The molecule has 1 aromatic rings. The maximum absolute atomic E-state index is 11.2. The summed E-state index contributed by atoms with van der Waals surface area (Å²) in [6, 6.07) is 8.38. The maximum Gasteiger partial charge on any atom is 0.306 e. The molecule has 0 spiro atoms. The standard InChI is InChI=1S/C13H16O2/c1-3-12-11(8-13(14)15-12)10-6-4-9(2)5-7-10/h4-7,11-12H,3,8H2,1-2H3/t11-,12-/m0/s1. The first kappa shape index (κ1) is 10.2. The second kappa shape index (κ2) is 4.05. The fourth-order valence-electron chi connectivity index (χ4n) is 2.12. The highest BCUT2D eigenvalue weighted by Gasteiger charge is 2.34. The lowest BCUT2D eigenvalue weighted by molar-refractivity contribution is -0.141. The van der Waals surface area contributed by atoms with E-state index in [0.717, 1.165) is 6.42 Å². The van der Waals surface area contributed by atoms with E-state index < -0.39 is 0 Å². The van der Waals surface area contributed by atoms with Crippen molar-refractivity contribution in [2.75, 3.05) is 0 Å². The molecule has 2 rings (SSSR count). The summed E-state index contributed by atoms with van der Waals surface area (Å²) >= 11 is 0. The van der Waals surface area contributed by atoms with Gasteiger partial charge >= 0.3 is 5.97 Å². The first-order chi connectivity index (χ1) is 7.20. The van der Waals surface area contributed by atoms with Crippen LogP contribution in [-0.2, 0) is 9.53 Å².